The quantitative estimate of drug-likeness (QED) is 0.320. The molecular weight excluding hydrogens is 514 g/mol. The Kier molecular flexibility index (Phi) is 8.41. The van der Waals surface area contributed by atoms with Gasteiger partial charge in [0.05, 0.1) is 21.5 Å². The molecule has 2 rings (SSSR count). The van der Waals surface area contributed by atoms with Crippen LogP contribution in [0.2, 0.25) is 20.1 Å². The van der Waals surface area contributed by atoms with E-state index >= 15 is 0 Å². The normalized spacial score (nSPS) is 12.4. The minimum Gasteiger partial charge on any atom is -0.441 e. The van der Waals surface area contributed by atoms with E-state index in [0.29, 0.717) is 15.7 Å². The standard InChI is InChI=1S/C17H10Cl7NO3/c18-8-1-3-10(12(20)5-8)14(26)7-15(17(22,23)24)28-16(27)25-9-2-4-11(19)13(21)6-9/h1-6,15H,7H2,(H,25,27). The van der Waals surface area contributed by atoms with E-state index in [4.69, 9.17) is 85.9 Å². The fraction of sp³-hybridized carbons (Fsp3) is 0.176. The van der Waals surface area contributed by atoms with Crippen LogP contribution in [0.25, 0.3) is 0 Å². The van der Waals surface area contributed by atoms with Crippen molar-refractivity contribution in [2.24, 2.45) is 0 Å². The Morgan fingerprint density at radius 3 is 2.18 bits per heavy atom. The molecule has 0 radical (unpaired) electrons. The van der Waals surface area contributed by atoms with E-state index in [1.807, 2.05) is 0 Å². The van der Waals surface area contributed by atoms with Gasteiger partial charge in [-0.15, -0.1) is 0 Å². The first kappa shape index (κ1) is 23.7. The highest BCUT2D eigenvalue weighted by Crippen LogP contribution is 2.36. The van der Waals surface area contributed by atoms with Gasteiger partial charge in [0.2, 0.25) is 3.79 Å². The topological polar surface area (TPSA) is 55.4 Å². The Balaban J connectivity index is 2.11. The van der Waals surface area contributed by atoms with Gasteiger partial charge in [-0.1, -0.05) is 81.2 Å². The molecule has 28 heavy (non-hydrogen) atoms. The van der Waals surface area contributed by atoms with E-state index in [0.717, 1.165) is 0 Å². The number of Topliss-reactive ketones (excluding diaryl/α,β-unsaturated/α-hetero) is 1. The number of anilines is 1. The lowest BCUT2D eigenvalue weighted by atomic mass is 10.1. The number of halogens is 7. The zero-order chi connectivity index (χ0) is 21.1. The number of hydrogen-bond donors (Lipinski definition) is 1. The lowest BCUT2D eigenvalue weighted by Gasteiger charge is -2.24. The fourth-order valence-electron chi connectivity index (χ4n) is 2.07. The molecule has 0 saturated carbocycles. The second kappa shape index (κ2) is 9.94. The Hall–Kier alpha value is -0.590. The van der Waals surface area contributed by atoms with E-state index in [-0.39, 0.29) is 15.6 Å². The number of ketones is 1. The van der Waals surface area contributed by atoms with Crippen LogP contribution >= 0.6 is 81.2 Å². The molecule has 0 fully saturated rings. The number of hydrogen-bond acceptors (Lipinski definition) is 3. The molecule has 11 heteroatoms. The monoisotopic (exact) mass is 521 g/mol. The van der Waals surface area contributed by atoms with E-state index in [1.165, 1.54) is 36.4 Å². The molecule has 0 bridgehead atoms. The summed E-state index contributed by atoms with van der Waals surface area (Å²) in [5.41, 5.74) is 0.452. The fourth-order valence-corrected chi connectivity index (χ4v) is 3.25. The summed E-state index contributed by atoms with van der Waals surface area (Å²) in [6.45, 7) is 0. The molecule has 1 N–H and O–H groups in total. The Morgan fingerprint density at radius 2 is 1.61 bits per heavy atom. The summed E-state index contributed by atoms with van der Waals surface area (Å²) < 4.78 is 3.07. The van der Waals surface area contributed by atoms with Crippen molar-refractivity contribution in [3.8, 4) is 0 Å². The summed E-state index contributed by atoms with van der Waals surface area (Å²) in [5, 5.41) is 3.43. The molecule has 1 amide bonds. The molecule has 1 unspecified atom stereocenters. The van der Waals surface area contributed by atoms with Gasteiger partial charge in [-0.05, 0) is 36.4 Å². The van der Waals surface area contributed by atoms with Crippen molar-refractivity contribution in [3.63, 3.8) is 0 Å². The molecule has 150 valence electrons. The molecule has 0 spiro atoms. The van der Waals surface area contributed by atoms with Crippen LogP contribution in [0.3, 0.4) is 0 Å². The van der Waals surface area contributed by atoms with Crippen LogP contribution in [0, 0.1) is 0 Å². The van der Waals surface area contributed by atoms with Crippen molar-refractivity contribution in [2.45, 2.75) is 16.3 Å². The van der Waals surface area contributed by atoms with Gasteiger partial charge < -0.3 is 4.74 Å². The zero-order valence-corrected chi connectivity index (χ0v) is 18.9. The molecule has 2 aromatic rings. The summed E-state index contributed by atoms with van der Waals surface area (Å²) in [4.78, 5) is 24.7. The highest BCUT2D eigenvalue weighted by Gasteiger charge is 2.38. The first-order valence-corrected chi connectivity index (χ1v) is 10.1. The van der Waals surface area contributed by atoms with Gasteiger partial charge >= 0.3 is 6.09 Å². The molecule has 4 nitrogen and oxygen atoms in total. The van der Waals surface area contributed by atoms with Gasteiger partial charge in [-0.2, -0.15) is 0 Å². The highest BCUT2D eigenvalue weighted by molar-refractivity contribution is 6.68. The van der Waals surface area contributed by atoms with Gasteiger partial charge in [0.25, 0.3) is 0 Å². The van der Waals surface area contributed by atoms with Gasteiger partial charge in [-0.3, -0.25) is 10.1 Å². The summed E-state index contributed by atoms with van der Waals surface area (Å²) in [6.07, 6.45) is -2.77. The van der Waals surface area contributed by atoms with Crippen molar-refractivity contribution in [1.82, 2.24) is 0 Å². The molecule has 0 aliphatic heterocycles. The van der Waals surface area contributed by atoms with Gasteiger partial charge in [-0.25, -0.2) is 4.79 Å². The maximum absolute atomic E-state index is 12.5. The number of nitrogens with one attached hydrogen (secondary N) is 1. The molecule has 0 aromatic heterocycles. The van der Waals surface area contributed by atoms with Crippen LogP contribution in [-0.2, 0) is 4.74 Å². The lowest BCUT2D eigenvalue weighted by Crippen LogP contribution is -2.35. The average molecular weight is 524 g/mol. The number of rotatable bonds is 5. The first-order chi connectivity index (χ1) is 13.0. The molecule has 0 saturated heterocycles. The van der Waals surface area contributed by atoms with Crippen LogP contribution in [0.5, 0.6) is 0 Å². The molecule has 0 aliphatic carbocycles. The van der Waals surface area contributed by atoms with Gasteiger partial charge in [0.15, 0.2) is 11.9 Å². The number of alkyl halides is 3. The Morgan fingerprint density at radius 1 is 0.929 bits per heavy atom. The number of carbonyl (C=O) groups excluding carboxylic acids is 2. The van der Waals surface area contributed by atoms with Gasteiger partial charge in [0, 0.05) is 16.3 Å². The lowest BCUT2D eigenvalue weighted by molar-refractivity contribution is 0.0812. The first-order valence-electron chi connectivity index (χ1n) is 7.45. The minimum atomic E-state index is -2.07. The highest BCUT2D eigenvalue weighted by atomic mass is 35.6. The molecular formula is C17H10Cl7NO3. The third-order valence-electron chi connectivity index (χ3n) is 3.38. The summed E-state index contributed by atoms with van der Waals surface area (Å²) in [5.74, 6) is -0.500. The minimum absolute atomic E-state index is 0.126. The summed E-state index contributed by atoms with van der Waals surface area (Å²) >= 11 is 41.1. The van der Waals surface area contributed by atoms with Gasteiger partial charge in [0.1, 0.15) is 0 Å². The maximum Gasteiger partial charge on any atom is 0.412 e. The third kappa shape index (κ3) is 6.74. The average Bonchev–Trinajstić information content (AvgIpc) is 2.56. The van der Waals surface area contributed by atoms with Crippen molar-refractivity contribution in [1.29, 1.82) is 0 Å². The summed E-state index contributed by atoms with van der Waals surface area (Å²) in [7, 11) is 0. The Bertz CT molecular complexity index is 899. The van der Waals surface area contributed by atoms with E-state index < -0.39 is 28.2 Å². The second-order valence-corrected chi connectivity index (χ2v) is 9.47. The largest absolute Gasteiger partial charge is 0.441 e. The second-order valence-electron chi connectivity index (χ2n) is 5.44. The smallest absolute Gasteiger partial charge is 0.412 e. The predicted octanol–water partition coefficient (Wildman–Crippen LogP) is 7.86. The number of ether oxygens (including phenoxy) is 1. The number of carbonyl (C=O) groups is 2. The van der Waals surface area contributed by atoms with Crippen LogP contribution in [-0.4, -0.2) is 21.8 Å². The van der Waals surface area contributed by atoms with E-state index in [1.54, 1.807) is 0 Å². The zero-order valence-electron chi connectivity index (χ0n) is 13.6. The molecule has 0 heterocycles. The number of amides is 1. The van der Waals surface area contributed by atoms with Crippen LogP contribution in [0.4, 0.5) is 10.5 Å². The molecule has 0 aliphatic rings. The third-order valence-corrected chi connectivity index (χ3v) is 5.40. The van der Waals surface area contributed by atoms with E-state index in [2.05, 4.69) is 5.32 Å². The summed E-state index contributed by atoms with van der Waals surface area (Å²) in [6, 6.07) is 8.71. The predicted molar refractivity (Wildman–Crippen MR) is 116 cm³/mol. The van der Waals surface area contributed by atoms with Crippen LogP contribution < -0.4 is 5.32 Å². The SMILES string of the molecule is O=C(Nc1ccc(Cl)c(Cl)c1)OC(CC(=O)c1ccc(Cl)cc1Cl)C(Cl)(Cl)Cl. The van der Waals surface area contributed by atoms with Crippen molar-refractivity contribution >= 4 is 98.8 Å². The van der Waals surface area contributed by atoms with Crippen LogP contribution in [0.1, 0.15) is 16.8 Å². The van der Waals surface area contributed by atoms with Crippen molar-refractivity contribution < 1.29 is 14.3 Å². The molecule has 1 atom stereocenters. The van der Waals surface area contributed by atoms with E-state index in [9.17, 15) is 9.59 Å². The number of benzene rings is 2. The van der Waals surface area contributed by atoms with Crippen LogP contribution in [0.15, 0.2) is 36.4 Å². The maximum atomic E-state index is 12.5. The Labute approximate surface area is 195 Å². The molecule has 2 aromatic carbocycles. The van der Waals surface area contributed by atoms with Crippen molar-refractivity contribution in [2.75, 3.05) is 5.32 Å². The van der Waals surface area contributed by atoms with Crippen molar-refractivity contribution in [3.05, 3.63) is 62.1 Å².